The third-order valence-electron chi connectivity index (χ3n) is 4.07. The highest BCUT2D eigenvalue weighted by Crippen LogP contribution is 2.29. The number of alkyl halides is 2. The average molecular weight is 358 g/mol. The first-order valence-corrected chi connectivity index (χ1v) is 8.25. The first-order chi connectivity index (χ1) is 12.2. The SMILES string of the molecule is Cc1cc(C)cc(NC(=O)Cn2nc(C)c3c(C(F)F)cc(C)nc32)c1. The van der Waals surface area contributed by atoms with Gasteiger partial charge in [-0.2, -0.15) is 5.10 Å². The number of amides is 1. The number of nitrogens with one attached hydrogen (secondary N) is 1. The summed E-state index contributed by atoms with van der Waals surface area (Å²) in [7, 11) is 0. The lowest BCUT2D eigenvalue weighted by atomic mass is 10.1. The molecule has 1 N–H and O–H groups in total. The van der Waals surface area contributed by atoms with Gasteiger partial charge in [0.1, 0.15) is 6.54 Å². The van der Waals surface area contributed by atoms with E-state index in [-0.39, 0.29) is 18.0 Å². The Hall–Kier alpha value is -2.83. The van der Waals surface area contributed by atoms with Gasteiger partial charge in [-0.25, -0.2) is 18.4 Å². The molecule has 7 heteroatoms. The smallest absolute Gasteiger partial charge is 0.264 e. The van der Waals surface area contributed by atoms with Crippen molar-refractivity contribution >= 4 is 22.6 Å². The van der Waals surface area contributed by atoms with E-state index in [4.69, 9.17) is 0 Å². The van der Waals surface area contributed by atoms with Crippen molar-refractivity contribution in [3.05, 3.63) is 52.3 Å². The molecule has 0 saturated heterocycles. The van der Waals surface area contributed by atoms with Crippen LogP contribution in [-0.4, -0.2) is 20.7 Å². The van der Waals surface area contributed by atoms with E-state index in [1.807, 2.05) is 32.0 Å². The number of hydrogen-bond acceptors (Lipinski definition) is 3. The second kappa shape index (κ2) is 6.82. The molecule has 0 bridgehead atoms. The highest BCUT2D eigenvalue weighted by atomic mass is 19.3. The topological polar surface area (TPSA) is 59.8 Å². The molecule has 0 saturated carbocycles. The van der Waals surface area contributed by atoms with Gasteiger partial charge in [0.15, 0.2) is 5.65 Å². The number of aromatic nitrogens is 3. The summed E-state index contributed by atoms with van der Waals surface area (Å²) in [6, 6.07) is 7.11. The molecule has 0 aliphatic rings. The van der Waals surface area contributed by atoms with Gasteiger partial charge in [-0.3, -0.25) is 4.79 Å². The monoisotopic (exact) mass is 358 g/mol. The predicted octanol–water partition coefficient (Wildman–Crippen LogP) is 4.24. The Labute approximate surface area is 150 Å². The number of rotatable bonds is 4. The Morgan fingerprint density at radius 2 is 1.77 bits per heavy atom. The van der Waals surface area contributed by atoms with Crippen LogP contribution in [0, 0.1) is 27.7 Å². The fourth-order valence-electron chi connectivity index (χ4n) is 3.18. The number of pyridine rings is 1. The summed E-state index contributed by atoms with van der Waals surface area (Å²) in [5.41, 5.74) is 3.86. The number of aryl methyl sites for hydroxylation is 4. The minimum Gasteiger partial charge on any atom is -0.324 e. The third kappa shape index (κ3) is 3.56. The van der Waals surface area contributed by atoms with E-state index in [0.717, 1.165) is 11.1 Å². The van der Waals surface area contributed by atoms with E-state index < -0.39 is 6.43 Å². The average Bonchev–Trinajstić information content (AvgIpc) is 2.81. The van der Waals surface area contributed by atoms with Gasteiger partial charge in [0.25, 0.3) is 6.43 Å². The second-order valence-corrected chi connectivity index (χ2v) is 6.52. The van der Waals surface area contributed by atoms with Crippen LogP contribution >= 0.6 is 0 Å². The largest absolute Gasteiger partial charge is 0.324 e. The predicted molar refractivity (Wildman–Crippen MR) is 96.5 cm³/mol. The Bertz CT molecular complexity index is 975. The van der Waals surface area contributed by atoms with Gasteiger partial charge < -0.3 is 5.32 Å². The first kappa shape index (κ1) is 18.0. The molecule has 2 aromatic heterocycles. The minimum atomic E-state index is -2.63. The molecule has 26 heavy (non-hydrogen) atoms. The maximum atomic E-state index is 13.3. The number of nitrogens with zero attached hydrogens (tertiary/aromatic N) is 3. The van der Waals surface area contributed by atoms with Gasteiger partial charge in [0.2, 0.25) is 5.91 Å². The van der Waals surface area contributed by atoms with Crippen molar-refractivity contribution in [3.63, 3.8) is 0 Å². The molecule has 5 nitrogen and oxygen atoms in total. The van der Waals surface area contributed by atoms with Crippen LogP contribution in [0.15, 0.2) is 24.3 Å². The number of fused-ring (bicyclic) bond motifs is 1. The fourth-order valence-corrected chi connectivity index (χ4v) is 3.18. The Morgan fingerprint density at radius 3 is 2.38 bits per heavy atom. The van der Waals surface area contributed by atoms with Gasteiger partial charge in [0.05, 0.1) is 11.1 Å². The summed E-state index contributed by atoms with van der Waals surface area (Å²) in [5.74, 6) is -0.290. The van der Waals surface area contributed by atoms with Gasteiger partial charge in [-0.05, 0) is 57.0 Å². The molecule has 0 fully saturated rings. The van der Waals surface area contributed by atoms with Crippen LogP contribution in [0.4, 0.5) is 14.5 Å². The molecule has 136 valence electrons. The summed E-state index contributed by atoms with van der Waals surface area (Å²) in [6.07, 6.45) is -2.63. The zero-order valence-electron chi connectivity index (χ0n) is 15.1. The lowest BCUT2D eigenvalue weighted by Crippen LogP contribution is -2.20. The molecule has 0 aliphatic carbocycles. The number of benzene rings is 1. The van der Waals surface area contributed by atoms with Crippen molar-refractivity contribution in [1.29, 1.82) is 0 Å². The Kier molecular flexibility index (Phi) is 4.71. The fraction of sp³-hybridized carbons (Fsp3) is 0.316. The summed E-state index contributed by atoms with van der Waals surface area (Å²) in [6.45, 7) is 7.09. The molecule has 3 rings (SSSR count). The molecule has 3 aromatic rings. The minimum absolute atomic E-state index is 0.101. The van der Waals surface area contributed by atoms with E-state index in [2.05, 4.69) is 15.4 Å². The summed E-state index contributed by atoms with van der Waals surface area (Å²) in [4.78, 5) is 16.7. The number of anilines is 1. The quantitative estimate of drug-likeness (QED) is 0.759. The van der Waals surface area contributed by atoms with Crippen LogP contribution in [0.2, 0.25) is 0 Å². The maximum Gasteiger partial charge on any atom is 0.264 e. The zero-order valence-corrected chi connectivity index (χ0v) is 15.1. The van der Waals surface area contributed by atoms with E-state index >= 15 is 0 Å². The van der Waals surface area contributed by atoms with E-state index in [1.54, 1.807) is 13.8 Å². The molecule has 2 heterocycles. The standard InChI is InChI=1S/C19H20F2N4O/c1-10-5-11(2)7-14(6-10)23-16(26)9-25-19-17(13(4)24-25)15(18(20)21)8-12(3)22-19/h5-8,18H,9H2,1-4H3,(H,23,26). The highest BCUT2D eigenvalue weighted by Gasteiger charge is 2.20. The van der Waals surface area contributed by atoms with Crippen molar-refractivity contribution in [2.75, 3.05) is 5.32 Å². The van der Waals surface area contributed by atoms with Crippen LogP contribution in [0.1, 0.15) is 34.5 Å². The van der Waals surface area contributed by atoms with Crippen molar-refractivity contribution in [2.24, 2.45) is 0 Å². The third-order valence-corrected chi connectivity index (χ3v) is 4.07. The molecule has 0 spiro atoms. The lowest BCUT2D eigenvalue weighted by Gasteiger charge is -2.09. The molecule has 1 amide bonds. The highest BCUT2D eigenvalue weighted by molar-refractivity contribution is 5.92. The van der Waals surface area contributed by atoms with Crippen molar-refractivity contribution in [3.8, 4) is 0 Å². The van der Waals surface area contributed by atoms with Crippen LogP contribution in [0.3, 0.4) is 0 Å². The van der Waals surface area contributed by atoms with E-state index in [9.17, 15) is 13.6 Å². The number of carbonyl (C=O) groups excluding carboxylic acids is 1. The van der Waals surface area contributed by atoms with Crippen molar-refractivity contribution in [2.45, 2.75) is 40.7 Å². The lowest BCUT2D eigenvalue weighted by molar-refractivity contribution is -0.116. The Balaban J connectivity index is 1.92. The number of carbonyl (C=O) groups is 1. The molecule has 0 atom stereocenters. The first-order valence-electron chi connectivity index (χ1n) is 8.25. The van der Waals surface area contributed by atoms with Crippen LogP contribution < -0.4 is 5.32 Å². The van der Waals surface area contributed by atoms with Gasteiger partial charge in [0, 0.05) is 16.9 Å². The molecule has 0 aliphatic heterocycles. The molecular weight excluding hydrogens is 338 g/mol. The summed E-state index contributed by atoms with van der Waals surface area (Å²) < 4.78 is 28.1. The Morgan fingerprint density at radius 1 is 1.12 bits per heavy atom. The molecule has 0 unspecified atom stereocenters. The molecular formula is C19H20F2N4O. The zero-order chi connectivity index (χ0) is 19.0. The number of halogens is 2. The summed E-state index contributed by atoms with van der Waals surface area (Å²) >= 11 is 0. The van der Waals surface area contributed by atoms with Gasteiger partial charge in [-0.15, -0.1) is 0 Å². The van der Waals surface area contributed by atoms with Crippen LogP contribution in [0.5, 0.6) is 0 Å². The van der Waals surface area contributed by atoms with Gasteiger partial charge in [-0.1, -0.05) is 6.07 Å². The maximum absolute atomic E-state index is 13.3. The molecule has 0 radical (unpaired) electrons. The van der Waals surface area contributed by atoms with Crippen LogP contribution in [-0.2, 0) is 11.3 Å². The normalized spacial score (nSPS) is 11.3. The van der Waals surface area contributed by atoms with E-state index in [1.165, 1.54) is 10.7 Å². The van der Waals surface area contributed by atoms with Crippen LogP contribution in [0.25, 0.3) is 11.0 Å². The van der Waals surface area contributed by atoms with Gasteiger partial charge >= 0.3 is 0 Å². The molecule has 1 aromatic carbocycles. The summed E-state index contributed by atoms with van der Waals surface area (Å²) in [5, 5.41) is 7.38. The number of hydrogen-bond donors (Lipinski definition) is 1. The van der Waals surface area contributed by atoms with Crippen molar-refractivity contribution in [1.82, 2.24) is 14.8 Å². The second-order valence-electron chi connectivity index (χ2n) is 6.52. The van der Waals surface area contributed by atoms with E-state index in [0.29, 0.717) is 28.1 Å². The van der Waals surface area contributed by atoms with Crippen molar-refractivity contribution < 1.29 is 13.6 Å².